The van der Waals surface area contributed by atoms with E-state index in [1.54, 1.807) is 0 Å². The van der Waals surface area contributed by atoms with Gasteiger partial charge in [-0.1, -0.05) is 30.3 Å². The molecule has 0 nitrogen and oxygen atoms in total. The fourth-order valence-electron chi connectivity index (χ4n) is 1.38. The van der Waals surface area contributed by atoms with Gasteiger partial charge < -0.3 is 0 Å². The minimum Gasteiger partial charge on any atom is -0.148 e. The Morgan fingerprint density at radius 2 is 1.92 bits per heavy atom. The molecule has 0 aliphatic carbocycles. The number of hydrogen-bond donors (Lipinski definition) is 0. The van der Waals surface area contributed by atoms with E-state index < -0.39 is 0 Å². The quantitative estimate of drug-likeness (QED) is 0.675. The van der Waals surface area contributed by atoms with Crippen LogP contribution in [0.4, 0.5) is 0 Å². The molecule has 1 heteroatoms. The largest absolute Gasteiger partial charge is 0.148 e. The van der Waals surface area contributed by atoms with Crippen LogP contribution in [0.2, 0.25) is 0 Å². The first kappa shape index (κ1) is 8.52. The molecule has 1 aromatic heterocycles. The molecular weight excluding hydrogens is 176 g/mol. The molecule has 0 amide bonds. The summed E-state index contributed by atoms with van der Waals surface area (Å²) in [6, 6.07) is 12.9. The monoisotopic (exact) mass is 188 g/mol. The van der Waals surface area contributed by atoms with E-state index in [0.29, 0.717) is 0 Å². The van der Waals surface area contributed by atoms with E-state index in [4.69, 9.17) is 0 Å². The van der Waals surface area contributed by atoms with Gasteiger partial charge in [0.15, 0.2) is 0 Å². The van der Waals surface area contributed by atoms with Crippen LogP contribution < -0.4 is 0 Å². The van der Waals surface area contributed by atoms with E-state index in [1.165, 1.54) is 16.0 Å². The predicted molar refractivity (Wildman–Crippen MR) is 58.3 cm³/mol. The van der Waals surface area contributed by atoms with Crippen molar-refractivity contribution in [2.45, 2.75) is 13.3 Å². The number of thiophene rings is 1. The maximum atomic E-state index is 2.26. The highest BCUT2D eigenvalue weighted by atomic mass is 32.1. The average Bonchev–Trinajstić information content (AvgIpc) is 2.53. The Kier molecular flexibility index (Phi) is 2.46. The Bertz CT molecular complexity index is 373. The van der Waals surface area contributed by atoms with Crippen LogP contribution >= 0.6 is 11.3 Å². The summed E-state index contributed by atoms with van der Waals surface area (Å²) >= 11 is 1.84. The van der Waals surface area contributed by atoms with E-state index in [1.807, 2.05) is 11.3 Å². The molecule has 0 fully saturated rings. The van der Waals surface area contributed by atoms with Crippen molar-refractivity contribution in [2.24, 2.45) is 0 Å². The van der Waals surface area contributed by atoms with Gasteiger partial charge in [-0.05, 0) is 29.5 Å². The third-order valence-electron chi connectivity index (χ3n) is 2.01. The van der Waals surface area contributed by atoms with Crippen LogP contribution in [0.25, 0.3) is 0 Å². The van der Waals surface area contributed by atoms with Gasteiger partial charge in [-0.3, -0.25) is 0 Å². The molecule has 2 rings (SSSR count). The lowest BCUT2D eigenvalue weighted by molar-refractivity contribution is 1.24. The van der Waals surface area contributed by atoms with Gasteiger partial charge in [-0.15, -0.1) is 11.3 Å². The van der Waals surface area contributed by atoms with Gasteiger partial charge in [-0.2, -0.15) is 0 Å². The lowest BCUT2D eigenvalue weighted by Gasteiger charge is -1.96. The predicted octanol–water partition coefficient (Wildman–Crippen LogP) is 3.65. The molecule has 0 atom stereocenters. The zero-order valence-electron chi connectivity index (χ0n) is 7.66. The molecule has 2 aromatic rings. The summed E-state index contributed by atoms with van der Waals surface area (Å²) in [5.41, 5.74) is 2.76. The van der Waals surface area contributed by atoms with Crippen molar-refractivity contribution in [1.82, 2.24) is 0 Å². The Morgan fingerprint density at radius 1 is 1.15 bits per heavy atom. The topological polar surface area (TPSA) is 0 Å². The maximum Gasteiger partial charge on any atom is 0.00917 e. The molecular formula is C12H12S. The van der Waals surface area contributed by atoms with Crippen molar-refractivity contribution >= 4 is 11.3 Å². The summed E-state index contributed by atoms with van der Waals surface area (Å²) in [4.78, 5) is 1.45. The van der Waals surface area contributed by atoms with E-state index >= 15 is 0 Å². The molecule has 1 heterocycles. The van der Waals surface area contributed by atoms with Crippen molar-refractivity contribution < 1.29 is 0 Å². The van der Waals surface area contributed by atoms with Gasteiger partial charge in [0.25, 0.3) is 0 Å². The molecule has 0 radical (unpaired) electrons. The van der Waals surface area contributed by atoms with E-state index in [9.17, 15) is 0 Å². The highest BCUT2D eigenvalue weighted by Crippen LogP contribution is 2.17. The van der Waals surface area contributed by atoms with Crippen molar-refractivity contribution in [2.75, 3.05) is 0 Å². The highest BCUT2D eigenvalue weighted by molar-refractivity contribution is 7.10. The van der Waals surface area contributed by atoms with Gasteiger partial charge in [0, 0.05) is 11.3 Å². The molecule has 0 aliphatic rings. The first-order chi connectivity index (χ1) is 6.34. The van der Waals surface area contributed by atoms with Crippen molar-refractivity contribution in [3.63, 3.8) is 0 Å². The third-order valence-corrected chi connectivity index (χ3v) is 3.06. The molecule has 0 unspecified atom stereocenters. The van der Waals surface area contributed by atoms with Crippen molar-refractivity contribution in [1.29, 1.82) is 0 Å². The molecule has 0 aliphatic heterocycles. The van der Waals surface area contributed by atoms with E-state index in [2.05, 4.69) is 48.7 Å². The lowest BCUT2D eigenvalue weighted by atomic mass is 10.1. The summed E-state index contributed by atoms with van der Waals surface area (Å²) in [5.74, 6) is 0. The summed E-state index contributed by atoms with van der Waals surface area (Å²) in [7, 11) is 0. The second kappa shape index (κ2) is 3.75. The van der Waals surface area contributed by atoms with Crippen LogP contribution in [0.5, 0.6) is 0 Å². The third kappa shape index (κ3) is 2.19. The SMILES string of the molecule is Cc1csc(Cc2ccccc2)c1. The summed E-state index contributed by atoms with van der Waals surface area (Å²) in [5, 5.41) is 2.21. The van der Waals surface area contributed by atoms with Crippen LogP contribution in [0.1, 0.15) is 16.0 Å². The van der Waals surface area contributed by atoms with Gasteiger partial charge in [0.1, 0.15) is 0 Å². The minimum atomic E-state index is 1.07. The Hall–Kier alpha value is -1.08. The maximum absolute atomic E-state index is 2.26. The van der Waals surface area contributed by atoms with Crippen LogP contribution in [-0.4, -0.2) is 0 Å². The van der Waals surface area contributed by atoms with Crippen LogP contribution in [-0.2, 0) is 6.42 Å². The summed E-state index contributed by atoms with van der Waals surface area (Å²) in [6.07, 6.45) is 1.07. The second-order valence-electron chi connectivity index (χ2n) is 3.25. The van der Waals surface area contributed by atoms with Crippen LogP contribution in [0.3, 0.4) is 0 Å². The van der Waals surface area contributed by atoms with Crippen molar-refractivity contribution in [3.05, 3.63) is 57.8 Å². The van der Waals surface area contributed by atoms with Crippen LogP contribution in [0.15, 0.2) is 41.8 Å². The Labute approximate surface area is 82.9 Å². The first-order valence-electron chi connectivity index (χ1n) is 4.42. The average molecular weight is 188 g/mol. The Morgan fingerprint density at radius 3 is 2.54 bits per heavy atom. The van der Waals surface area contributed by atoms with E-state index in [-0.39, 0.29) is 0 Å². The van der Waals surface area contributed by atoms with Crippen LogP contribution in [0, 0.1) is 6.92 Å². The van der Waals surface area contributed by atoms with Gasteiger partial charge in [-0.25, -0.2) is 0 Å². The molecule has 0 bridgehead atoms. The minimum absolute atomic E-state index is 1.07. The highest BCUT2D eigenvalue weighted by Gasteiger charge is 1.97. The normalized spacial score (nSPS) is 10.2. The smallest absolute Gasteiger partial charge is 0.00917 e. The summed E-state index contributed by atoms with van der Waals surface area (Å²) in [6.45, 7) is 2.14. The molecule has 0 N–H and O–H groups in total. The zero-order chi connectivity index (χ0) is 9.10. The number of aryl methyl sites for hydroxylation is 1. The molecule has 0 saturated heterocycles. The van der Waals surface area contributed by atoms with Gasteiger partial charge >= 0.3 is 0 Å². The van der Waals surface area contributed by atoms with E-state index in [0.717, 1.165) is 6.42 Å². The summed E-state index contributed by atoms with van der Waals surface area (Å²) < 4.78 is 0. The van der Waals surface area contributed by atoms with Crippen molar-refractivity contribution in [3.8, 4) is 0 Å². The molecule has 13 heavy (non-hydrogen) atoms. The fraction of sp³-hybridized carbons (Fsp3) is 0.167. The molecule has 66 valence electrons. The number of rotatable bonds is 2. The van der Waals surface area contributed by atoms with Gasteiger partial charge in [0.05, 0.1) is 0 Å². The molecule has 0 spiro atoms. The second-order valence-corrected chi connectivity index (χ2v) is 4.25. The molecule has 0 saturated carbocycles. The standard InChI is InChI=1S/C12H12S/c1-10-7-12(13-9-10)8-11-5-3-2-4-6-11/h2-7,9H,8H2,1H3. The Balaban J connectivity index is 2.15. The zero-order valence-corrected chi connectivity index (χ0v) is 8.47. The first-order valence-corrected chi connectivity index (χ1v) is 5.30. The van der Waals surface area contributed by atoms with Gasteiger partial charge in [0.2, 0.25) is 0 Å². The lowest BCUT2D eigenvalue weighted by Crippen LogP contribution is -1.82. The number of hydrogen-bond acceptors (Lipinski definition) is 1. The molecule has 1 aromatic carbocycles. The number of benzene rings is 1. The fourth-order valence-corrected chi connectivity index (χ4v) is 2.29.